The van der Waals surface area contributed by atoms with Crippen LogP contribution in [0.2, 0.25) is 0 Å². The molecule has 0 saturated heterocycles. The van der Waals surface area contributed by atoms with E-state index in [-0.39, 0.29) is 0 Å². The number of benzene rings is 9. The highest BCUT2D eigenvalue weighted by Crippen LogP contribution is 2.40. The Bertz CT molecular complexity index is 3940. The predicted octanol–water partition coefficient (Wildman–Crippen LogP) is 14.9. The average molecular weight is 936 g/mol. The summed E-state index contributed by atoms with van der Waals surface area (Å²) >= 11 is 0. The molecule has 0 radical (unpaired) electrons. The Morgan fingerprint density at radius 1 is 0.219 bits per heavy atom. The van der Waals surface area contributed by atoms with Crippen molar-refractivity contribution in [3.05, 3.63) is 249 Å². The minimum absolute atomic E-state index is 0.537. The maximum Gasteiger partial charge on any atom is 0.164 e. The zero-order chi connectivity index (χ0) is 48.5. The van der Waals surface area contributed by atoms with Crippen molar-refractivity contribution in [1.82, 2.24) is 44.4 Å². The lowest BCUT2D eigenvalue weighted by Gasteiger charge is -2.17. The number of aromatic nitrogens is 9. The molecular weight excluding hydrogens is 895 g/mol. The Kier molecular flexibility index (Phi) is 11.0. The molecule has 4 aromatic heterocycles. The van der Waals surface area contributed by atoms with E-state index in [2.05, 4.69) is 95.6 Å². The standard InChI is InChI=1S/C64H41N9/c1-7-21-42(22-8-1)53-41-54(66-58(65-53)43-23-9-2-10-24-43)52-40-49(64-71-61(46-29-15-5-16-30-46)68-62(72-64)47-31-17-6-18-32-47)36-38-57(52)73-55-34-20-19-33-50(55)51-39-48(35-37-56(51)73)63-69-59(44-25-11-3-12-26-44)67-60(70-63)45-27-13-4-14-28-45/h1-41H. The summed E-state index contributed by atoms with van der Waals surface area (Å²) in [4.78, 5) is 41.1. The molecule has 0 fully saturated rings. The minimum atomic E-state index is 0.537. The summed E-state index contributed by atoms with van der Waals surface area (Å²) < 4.78 is 2.33. The molecular formula is C64H41N9. The van der Waals surface area contributed by atoms with Gasteiger partial charge in [-0.25, -0.2) is 39.9 Å². The van der Waals surface area contributed by atoms with E-state index in [9.17, 15) is 0 Å². The van der Waals surface area contributed by atoms with Crippen LogP contribution in [0.25, 0.3) is 130 Å². The number of para-hydroxylation sites is 1. The zero-order valence-corrected chi connectivity index (χ0v) is 39.2. The third-order valence-electron chi connectivity index (χ3n) is 12.9. The molecule has 0 aliphatic heterocycles. The Hall–Kier alpha value is -10.1. The lowest BCUT2D eigenvalue weighted by Crippen LogP contribution is -2.03. The molecule has 342 valence electrons. The van der Waals surface area contributed by atoms with Crippen LogP contribution >= 0.6 is 0 Å². The summed E-state index contributed by atoms with van der Waals surface area (Å²) in [6.45, 7) is 0. The molecule has 0 N–H and O–H groups in total. The normalized spacial score (nSPS) is 11.3. The van der Waals surface area contributed by atoms with Crippen LogP contribution in [-0.4, -0.2) is 44.4 Å². The van der Waals surface area contributed by atoms with Crippen LogP contribution < -0.4 is 0 Å². The molecule has 0 spiro atoms. The summed E-state index contributed by atoms with van der Waals surface area (Å²) in [5, 5.41) is 2.12. The Morgan fingerprint density at radius 2 is 0.562 bits per heavy atom. The lowest BCUT2D eigenvalue weighted by atomic mass is 10.0. The predicted molar refractivity (Wildman–Crippen MR) is 292 cm³/mol. The summed E-state index contributed by atoms with van der Waals surface area (Å²) in [7, 11) is 0. The van der Waals surface area contributed by atoms with Crippen molar-refractivity contribution in [2.24, 2.45) is 0 Å². The maximum absolute atomic E-state index is 5.42. The van der Waals surface area contributed by atoms with Crippen LogP contribution in [-0.2, 0) is 0 Å². The summed E-state index contributed by atoms with van der Waals surface area (Å²) in [6.07, 6.45) is 0. The molecule has 13 aromatic rings. The Morgan fingerprint density at radius 3 is 1.03 bits per heavy atom. The molecule has 9 heteroatoms. The van der Waals surface area contributed by atoms with E-state index in [1.54, 1.807) is 0 Å². The molecule has 0 aliphatic carbocycles. The first-order valence-corrected chi connectivity index (χ1v) is 24.1. The minimum Gasteiger partial charge on any atom is -0.309 e. The van der Waals surface area contributed by atoms with Gasteiger partial charge in [-0.3, -0.25) is 0 Å². The first-order valence-electron chi connectivity index (χ1n) is 24.1. The van der Waals surface area contributed by atoms with Crippen LogP contribution in [0.1, 0.15) is 0 Å². The molecule has 0 bridgehead atoms. The topological polar surface area (TPSA) is 108 Å². The second-order valence-electron chi connectivity index (χ2n) is 17.6. The van der Waals surface area contributed by atoms with Crippen molar-refractivity contribution >= 4 is 21.8 Å². The van der Waals surface area contributed by atoms with Gasteiger partial charge >= 0.3 is 0 Å². The largest absolute Gasteiger partial charge is 0.309 e. The summed E-state index contributed by atoms with van der Waals surface area (Å²) in [6, 6.07) is 84.2. The van der Waals surface area contributed by atoms with Crippen LogP contribution in [0.15, 0.2) is 249 Å². The first kappa shape index (κ1) is 42.9. The Labute approximate surface area is 421 Å². The number of hydrogen-bond donors (Lipinski definition) is 0. The molecule has 13 rings (SSSR count). The van der Waals surface area contributed by atoms with Crippen molar-refractivity contribution in [3.8, 4) is 108 Å². The van der Waals surface area contributed by atoms with Gasteiger partial charge in [-0.05, 0) is 48.5 Å². The molecule has 9 nitrogen and oxygen atoms in total. The van der Waals surface area contributed by atoms with Gasteiger partial charge in [0.25, 0.3) is 0 Å². The quantitative estimate of drug-likeness (QED) is 0.133. The smallest absolute Gasteiger partial charge is 0.164 e. The van der Waals surface area contributed by atoms with Crippen molar-refractivity contribution in [1.29, 1.82) is 0 Å². The number of nitrogens with zero attached hydrogens (tertiary/aromatic N) is 9. The number of fused-ring (bicyclic) bond motifs is 3. The molecule has 4 heterocycles. The lowest BCUT2D eigenvalue weighted by molar-refractivity contribution is 1.07. The maximum atomic E-state index is 5.42. The molecule has 73 heavy (non-hydrogen) atoms. The van der Waals surface area contributed by atoms with E-state index in [1.807, 2.05) is 158 Å². The highest BCUT2D eigenvalue weighted by Gasteiger charge is 2.22. The fraction of sp³-hybridized carbons (Fsp3) is 0. The second kappa shape index (κ2) is 18.7. The monoisotopic (exact) mass is 935 g/mol. The molecule has 0 amide bonds. The molecule has 0 atom stereocenters. The van der Waals surface area contributed by atoms with Crippen LogP contribution in [0.5, 0.6) is 0 Å². The number of hydrogen-bond acceptors (Lipinski definition) is 8. The molecule has 0 unspecified atom stereocenters. The van der Waals surface area contributed by atoms with Crippen molar-refractivity contribution in [3.63, 3.8) is 0 Å². The van der Waals surface area contributed by atoms with E-state index in [0.29, 0.717) is 40.8 Å². The zero-order valence-electron chi connectivity index (χ0n) is 39.2. The number of rotatable bonds is 10. The van der Waals surface area contributed by atoms with E-state index in [4.69, 9.17) is 39.9 Å². The van der Waals surface area contributed by atoms with Gasteiger partial charge in [-0.15, -0.1) is 0 Å². The molecule has 0 saturated carbocycles. The van der Waals surface area contributed by atoms with Gasteiger partial charge in [-0.2, -0.15) is 0 Å². The third kappa shape index (κ3) is 8.36. The Balaban J connectivity index is 1.05. The van der Waals surface area contributed by atoms with Crippen molar-refractivity contribution < 1.29 is 0 Å². The van der Waals surface area contributed by atoms with Gasteiger partial charge < -0.3 is 4.57 Å². The van der Waals surface area contributed by atoms with Gasteiger partial charge in [0.15, 0.2) is 40.8 Å². The van der Waals surface area contributed by atoms with E-state index < -0.39 is 0 Å². The third-order valence-corrected chi connectivity index (χ3v) is 12.9. The average Bonchev–Trinajstić information content (AvgIpc) is 3.81. The van der Waals surface area contributed by atoms with Gasteiger partial charge in [0.05, 0.1) is 28.1 Å². The van der Waals surface area contributed by atoms with Gasteiger partial charge in [0.2, 0.25) is 0 Å². The highest BCUT2D eigenvalue weighted by molar-refractivity contribution is 6.11. The van der Waals surface area contributed by atoms with Gasteiger partial charge in [0.1, 0.15) is 0 Å². The molecule has 9 aromatic carbocycles. The fourth-order valence-electron chi connectivity index (χ4n) is 9.38. The van der Waals surface area contributed by atoms with Crippen molar-refractivity contribution in [2.45, 2.75) is 0 Å². The SMILES string of the molecule is c1ccc(-c2cc(-c3cc(-c4nc(-c5ccccc5)nc(-c5ccccc5)n4)ccc3-n3c4ccccc4c4cc(-c5nc(-c6ccccc6)nc(-c6ccccc6)n5)ccc43)nc(-c3ccccc3)n2)cc1. The van der Waals surface area contributed by atoms with E-state index >= 15 is 0 Å². The van der Waals surface area contributed by atoms with E-state index in [1.165, 1.54) is 0 Å². The fourth-order valence-corrected chi connectivity index (χ4v) is 9.38. The molecule has 0 aliphatic rings. The van der Waals surface area contributed by atoms with Crippen molar-refractivity contribution in [2.75, 3.05) is 0 Å². The highest BCUT2D eigenvalue weighted by atomic mass is 15.0. The summed E-state index contributed by atoms with van der Waals surface area (Å²) in [5.74, 6) is 4.11. The van der Waals surface area contributed by atoms with Crippen LogP contribution in [0.4, 0.5) is 0 Å². The van der Waals surface area contributed by atoms with E-state index in [0.717, 1.165) is 89.0 Å². The van der Waals surface area contributed by atoms with Crippen LogP contribution in [0.3, 0.4) is 0 Å². The second-order valence-corrected chi connectivity index (χ2v) is 17.6. The van der Waals surface area contributed by atoms with Gasteiger partial charge in [-0.1, -0.05) is 200 Å². The van der Waals surface area contributed by atoms with Crippen LogP contribution in [0, 0.1) is 0 Å². The van der Waals surface area contributed by atoms with Gasteiger partial charge in [0, 0.05) is 60.8 Å². The summed E-state index contributed by atoms with van der Waals surface area (Å²) in [5.41, 5.74) is 12.5. The first-order chi connectivity index (χ1) is 36.2.